The zero-order valence-corrected chi connectivity index (χ0v) is 13.6. The Kier molecular flexibility index (Phi) is 8.08. The van der Waals surface area contributed by atoms with Crippen LogP contribution >= 0.6 is 0 Å². The summed E-state index contributed by atoms with van der Waals surface area (Å²) in [5.41, 5.74) is 0.608. The highest BCUT2D eigenvalue weighted by Crippen LogP contribution is 2.36. The van der Waals surface area contributed by atoms with Crippen LogP contribution in [0.15, 0.2) is 0 Å². The summed E-state index contributed by atoms with van der Waals surface area (Å²) in [6.07, 6.45) is 2.36. The summed E-state index contributed by atoms with van der Waals surface area (Å²) in [4.78, 5) is 2.21. The van der Waals surface area contributed by atoms with Gasteiger partial charge in [0.05, 0.1) is 6.61 Å². The van der Waals surface area contributed by atoms with Crippen molar-refractivity contribution in [3.05, 3.63) is 0 Å². The molecule has 1 N–H and O–H groups in total. The number of methoxy groups -OCH3 is 1. The van der Waals surface area contributed by atoms with Crippen molar-refractivity contribution < 1.29 is 4.74 Å². The van der Waals surface area contributed by atoms with Gasteiger partial charge in [-0.05, 0) is 37.8 Å². The second kappa shape index (κ2) is 8.13. The van der Waals surface area contributed by atoms with Gasteiger partial charge < -0.3 is 15.0 Å². The Hall–Kier alpha value is -0.120. The number of nitrogens with zero attached hydrogens (tertiary/aromatic N) is 1. The van der Waals surface area contributed by atoms with Crippen molar-refractivity contribution in [1.82, 2.24) is 10.2 Å². The molecule has 0 aliphatic rings. The standard InChI is InChI=1S/C15H34N2O/c1-8-15(4,13-18-7)11-14(2,3)12-16-9-10-17(5)6/h16H,8-13H2,1-7H3. The predicted molar refractivity (Wildman–Crippen MR) is 80.1 cm³/mol. The molecular formula is C15H34N2O. The van der Waals surface area contributed by atoms with Gasteiger partial charge in [0.2, 0.25) is 0 Å². The fourth-order valence-electron chi connectivity index (χ4n) is 2.57. The number of rotatable bonds is 10. The highest BCUT2D eigenvalue weighted by atomic mass is 16.5. The van der Waals surface area contributed by atoms with E-state index in [9.17, 15) is 0 Å². The van der Waals surface area contributed by atoms with Crippen LogP contribution in [0.1, 0.15) is 40.5 Å². The monoisotopic (exact) mass is 258 g/mol. The molecule has 0 rings (SSSR count). The first kappa shape index (κ1) is 17.9. The van der Waals surface area contributed by atoms with Gasteiger partial charge in [-0.25, -0.2) is 0 Å². The van der Waals surface area contributed by atoms with E-state index in [2.05, 4.69) is 52.0 Å². The highest BCUT2D eigenvalue weighted by molar-refractivity contribution is 4.83. The first-order valence-electron chi connectivity index (χ1n) is 7.09. The van der Waals surface area contributed by atoms with Crippen molar-refractivity contribution in [2.24, 2.45) is 10.8 Å². The van der Waals surface area contributed by atoms with Gasteiger partial charge in [0.15, 0.2) is 0 Å². The Morgan fingerprint density at radius 3 is 2.22 bits per heavy atom. The molecule has 0 bridgehead atoms. The summed E-state index contributed by atoms with van der Waals surface area (Å²) in [7, 11) is 6.02. The Labute approximate surface area is 114 Å². The molecule has 0 heterocycles. The molecule has 0 fully saturated rings. The third-order valence-electron chi connectivity index (χ3n) is 3.59. The number of hydrogen-bond donors (Lipinski definition) is 1. The van der Waals surface area contributed by atoms with Gasteiger partial charge in [-0.3, -0.25) is 0 Å². The first-order valence-corrected chi connectivity index (χ1v) is 7.09. The lowest BCUT2D eigenvalue weighted by Gasteiger charge is -2.37. The summed E-state index contributed by atoms with van der Waals surface area (Å²) in [5, 5.41) is 3.56. The molecule has 0 aliphatic carbocycles. The van der Waals surface area contributed by atoms with Crippen molar-refractivity contribution in [1.29, 1.82) is 0 Å². The molecule has 18 heavy (non-hydrogen) atoms. The Balaban J connectivity index is 4.11. The summed E-state index contributed by atoms with van der Waals surface area (Å²) < 4.78 is 5.37. The molecule has 0 saturated heterocycles. The van der Waals surface area contributed by atoms with Crippen LogP contribution in [0.3, 0.4) is 0 Å². The summed E-state index contributed by atoms with van der Waals surface area (Å²) in [6.45, 7) is 13.4. The predicted octanol–water partition coefficient (Wildman–Crippen LogP) is 2.62. The number of nitrogens with one attached hydrogen (secondary N) is 1. The van der Waals surface area contributed by atoms with Gasteiger partial charge in [-0.2, -0.15) is 0 Å². The fraction of sp³-hybridized carbons (Fsp3) is 1.00. The molecule has 0 amide bonds. The van der Waals surface area contributed by atoms with E-state index in [0.717, 1.165) is 26.2 Å². The van der Waals surface area contributed by atoms with Crippen LogP contribution in [-0.2, 0) is 4.74 Å². The summed E-state index contributed by atoms with van der Waals surface area (Å²) in [5.74, 6) is 0. The van der Waals surface area contributed by atoms with E-state index in [-0.39, 0.29) is 0 Å². The largest absolute Gasteiger partial charge is 0.384 e. The van der Waals surface area contributed by atoms with Crippen molar-refractivity contribution in [2.75, 3.05) is 47.4 Å². The van der Waals surface area contributed by atoms with Crippen LogP contribution in [0.25, 0.3) is 0 Å². The SMILES string of the molecule is CCC(C)(COC)CC(C)(C)CNCCN(C)C. The molecule has 0 aromatic heterocycles. The van der Waals surface area contributed by atoms with Gasteiger partial charge in [0, 0.05) is 26.7 Å². The third-order valence-corrected chi connectivity index (χ3v) is 3.59. The van der Waals surface area contributed by atoms with Crippen molar-refractivity contribution >= 4 is 0 Å². The van der Waals surface area contributed by atoms with Gasteiger partial charge in [-0.15, -0.1) is 0 Å². The van der Waals surface area contributed by atoms with Crippen molar-refractivity contribution in [2.45, 2.75) is 40.5 Å². The molecule has 0 aliphatic heterocycles. The quantitative estimate of drug-likeness (QED) is 0.610. The molecule has 3 nitrogen and oxygen atoms in total. The number of likely N-dealkylation sites (N-methyl/N-ethyl adjacent to an activating group) is 1. The zero-order valence-electron chi connectivity index (χ0n) is 13.6. The minimum atomic E-state index is 0.293. The summed E-state index contributed by atoms with van der Waals surface area (Å²) >= 11 is 0. The lowest BCUT2D eigenvalue weighted by Crippen LogP contribution is -2.38. The average Bonchev–Trinajstić information content (AvgIpc) is 2.24. The van der Waals surface area contributed by atoms with Gasteiger partial charge in [0.25, 0.3) is 0 Å². The maximum absolute atomic E-state index is 5.37. The second-order valence-corrected chi connectivity index (χ2v) is 6.92. The van der Waals surface area contributed by atoms with Crippen LogP contribution < -0.4 is 5.32 Å². The molecule has 0 spiro atoms. The maximum Gasteiger partial charge on any atom is 0.0516 e. The van der Waals surface area contributed by atoms with E-state index < -0.39 is 0 Å². The van der Waals surface area contributed by atoms with Gasteiger partial charge in [-0.1, -0.05) is 27.7 Å². The molecular weight excluding hydrogens is 224 g/mol. The van der Waals surface area contributed by atoms with E-state index >= 15 is 0 Å². The van der Waals surface area contributed by atoms with E-state index in [0.29, 0.717) is 10.8 Å². The molecule has 110 valence electrons. The zero-order chi connectivity index (χ0) is 14.2. The molecule has 0 saturated carbocycles. The fourth-order valence-corrected chi connectivity index (χ4v) is 2.57. The van der Waals surface area contributed by atoms with Crippen LogP contribution in [-0.4, -0.2) is 52.3 Å². The topological polar surface area (TPSA) is 24.5 Å². The van der Waals surface area contributed by atoms with E-state index in [1.807, 2.05) is 0 Å². The van der Waals surface area contributed by atoms with E-state index in [1.165, 1.54) is 12.8 Å². The normalized spacial score (nSPS) is 16.0. The summed E-state index contributed by atoms with van der Waals surface area (Å²) in [6, 6.07) is 0. The van der Waals surface area contributed by atoms with Crippen LogP contribution in [0.2, 0.25) is 0 Å². The molecule has 0 aromatic rings. The minimum absolute atomic E-state index is 0.293. The molecule has 0 aromatic carbocycles. The smallest absolute Gasteiger partial charge is 0.0516 e. The average molecular weight is 258 g/mol. The number of ether oxygens (including phenoxy) is 1. The molecule has 1 unspecified atom stereocenters. The maximum atomic E-state index is 5.37. The Morgan fingerprint density at radius 2 is 1.78 bits per heavy atom. The molecule has 3 heteroatoms. The lowest BCUT2D eigenvalue weighted by molar-refractivity contribution is 0.0514. The van der Waals surface area contributed by atoms with Crippen LogP contribution in [0.4, 0.5) is 0 Å². The van der Waals surface area contributed by atoms with Crippen LogP contribution in [0.5, 0.6) is 0 Å². The Morgan fingerprint density at radius 1 is 1.17 bits per heavy atom. The highest BCUT2D eigenvalue weighted by Gasteiger charge is 2.30. The van der Waals surface area contributed by atoms with E-state index in [4.69, 9.17) is 4.74 Å². The Bertz CT molecular complexity index is 217. The lowest BCUT2D eigenvalue weighted by atomic mass is 9.73. The van der Waals surface area contributed by atoms with Crippen molar-refractivity contribution in [3.63, 3.8) is 0 Å². The molecule has 0 radical (unpaired) electrons. The first-order chi connectivity index (χ1) is 8.24. The van der Waals surface area contributed by atoms with Gasteiger partial charge in [0.1, 0.15) is 0 Å². The van der Waals surface area contributed by atoms with Gasteiger partial charge >= 0.3 is 0 Å². The molecule has 1 atom stereocenters. The van der Waals surface area contributed by atoms with Crippen molar-refractivity contribution in [3.8, 4) is 0 Å². The third kappa shape index (κ3) is 8.06. The van der Waals surface area contributed by atoms with Crippen LogP contribution in [0, 0.1) is 10.8 Å². The van der Waals surface area contributed by atoms with E-state index in [1.54, 1.807) is 7.11 Å². The minimum Gasteiger partial charge on any atom is -0.384 e. The second-order valence-electron chi connectivity index (χ2n) is 6.92. The number of hydrogen-bond acceptors (Lipinski definition) is 3.